The summed E-state index contributed by atoms with van der Waals surface area (Å²) in [5, 5.41) is 3.40. The molecule has 0 spiro atoms. The van der Waals surface area contributed by atoms with E-state index in [9.17, 15) is 9.59 Å². The van der Waals surface area contributed by atoms with Crippen molar-refractivity contribution in [3.8, 4) is 0 Å². The lowest BCUT2D eigenvalue weighted by Gasteiger charge is -2.62. The molecule has 1 aromatic rings. The molecule has 1 aromatic carbocycles. The van der Waals surface area contributed by atoms with Crippen LogP contribution >= 0.6 is 8.53 Å². The number of carbonyl (C=O) groups excluding carboxylic acids is 2. The molecule has 1 saturated heterocycles. The molecule has 0 radical (unpaired) electrons. The second kappa shape index (κ2) is 11.8. The van der Waals surface area contributed by atoms with Gasteiger partial charge in [0, 0.05) is 11.3 Å². The number of hydrogen-bond donors (Lipinski definition) is 1. The van der Waals surface area contributed by atoms with Crippen LogP contribution in [0, 0.1) is 22.7 Å². The van der Waals surface area contributed by atoms with Crippen LogP contribution in [0.4, 0.5) is 0 Å². The highest BCUT2D eigenvalue weighted by Gasteiger charge is 2.60. The Balaban J connectivity index is 1.30. The Morgan fingerprint density at radius 3 is 2.66 bits per heavy atom. The fraction of sp³-hybridized carbons (Fsp3) is 0.576. The topological polar surface area (TPSA) is 83.1 Å². The predicted molar refractivity (Wildman–Crippen MR) is 160 cm³/mol. The molecular formula is C33H44NO6P. The highest BCUT2D eigenvalue weighted by atomic mass is 31.2. The van der Waals surface area contributed by atoms with Crippen LogP contribution < -0.4 is 5.09 Å². The minimum atomic E-state index is -1.48. The number of fused-ring (bicyclic) bond motifs is 3. The average molecular weight is 582 g/mol. The van der Waals surface area contributed by atoms with Gasteiger partial charge in [0.15, 0.2) is 0 Å². The molecule has 5 rings (SSSR count). The van der Waals surface area contributed by atoms with Crippen molar-refractivity contribution in [1.82, 2.24) is 5.09 Å². The van der Waals surface area contributed by atoms with Crippen LogP contribution in [-0.2, 0) is 34.5 Å². The lowest BCUT2D eigenvalue weighted by atomic mass is 9.46. The molecular weight excluding hydrogens is 537 g/mol. The highest BCUT2D eigenvalue weighted by Crippen LogP contribution is 2.65. The van der Waals surface area contributed by atoms with Crippen molar-refractivity contribution in [3.05, 3.63) is 71.8 Å². The third-order valence-electron chi connectivity index (χ3n) is 9.35. The van der Waals surface area contributed by atoms with E-state index < -0.39 is 20.2 Å². The third-order valence-corrected chi connectivity index (χ3v) is 10.7. The van der Waals surface area contributed by atoms with Gasteiger partial charge in [-0.05, 0) is 75.8 Å². The number of carbonyl (C=O) groups is 2. The molecule has 0 bridgehead atoms. The number of hydrogen-bond acceptors (Lipinski definition) is 7. The minimum Gasteiger partial charge on any atom is -0.459 e. The van der Waals surface area contributed by atoms with Gasteiger partial charge in [-0.15, -0.1) is 0 Å². The third kappa shape index (κ3) is 6.39. The molecule has 222 valence electrons. The molecule has 4 aliphatic rings. The van der Waals surface area contributed by atoms with Gasteiger partial charge in [0.25, 0.3) is 8.53 Å². The lowest BCUT2D eigenvalue weighted by molar-refractivity contribution is -0.159. The van der Waals surface area contributed by atoms with Gasteiger partial charge < -0.3 is 18.5 Å². The quantitative estimate of drug-likeness (QED) is 0.221. The van der Waals surface area contributed by atoms with E-state index >= 15 is 0 Å². The van der Waals surface area contributed by atoms with E-state index in [0.29, 0.717) is 31.1 Å². The predicted octanol–water partition coefficient (Wildman–Crippen LogP) is 6.60. The number of esters is 2. The first-order chi connectivity index (χ1) is 19.4. The van der Waals surface area contributed by atoms with Gasteiger partial charge in [0.1, 0.15) is 18.2 Å². The normalized spacial score (nSPS) is 34.4. The van der Waals surface area contributed by atoms with Crippen molar-refractivity contribution in [2.75, 3.05) is 13.2 Å². The summed E-state index contributed by atoms with van der Waals surface area (Å²) in [6, 6.07) is 9.37. The highest BCUT2D eigenvalue weighted by molar-refractivity contribution is 7.45. The van der Waals surface area contributed by atoms with E-state index in [0.717, 1.165) is 31.2 Å². The van der Waals surface area contributed by atoms with Crippen LogP contribution in [0.2, 0.25) is 0 Å². The zero-order valence-corrected chi connectivity index (χ0v) is 25.9. The molecule has 8 heteroatoms. The fourth-order valence-electron chi connectivity index (χ4n) is 7.28. The molecule has 1 N–H and O–H groups in total. The maximum atomic E-state index is 13.2. The van der Waals surface area contributed by atoms with E-state index in [1.807, 2.05) is 63.3 Å². The van der Waals surface area contributed by atoms with Gasteiger partial charge in [0.05, 0.1) is 18.3 Å². The Morgan fingerprint density at radius 1 is 1.22 bits per heavy atom. The second-order valence-corrected chi connectivity index (χ2v) is 14.7. The minimum absolute atomic E-state index is 0.0208. The Kier molecular flexibility index (Phi) is 8.65. The molecule has 4 unspecified atom stereocenters. The largest absolute Gasteiger partial charge is 0.459 e. The number of benzene rings is 1. The van der Waals surface area contributed by atoms with Crippen LogP contribution in [0.15, 0.2) is 66.3 Å². The van der Waals surface area contributed by atoms with Crippen molar-refractivity contribution in [1.29, 1.82) is 0 Å². The zero-order valence-electron chi connectivity index (χ0n) is 25.0. The first-order valence-electron chi connectivity index (χ1n) is 14.7. The molecule has 0 aromatic heterocycles. The van der Waals surface area contributed by atoms with E-state index in [-0.39, 0.29) is 34.8 Å². The Bertz CT molecular complexity index is 1220. The van der Waals surface area contributed by atoms with Gasteiger partial charge in [0.2, 0.25) is 0 Å². The summed E-state index contributed by atoms with van der Waals surface area (Å²) >= 11 is 0. The van der Waals surface area contributed by atoms with Crippen molar-refractivity contribution in [2.24, 2.45) is 22.7 Å². The molecule has 2 saturated carbocycles. The van der Waals surface area contributed by atoms with E-state index in [1.54, 1.807) is 0 Å². The molecule has 2 aliphatic heterocycles. The molecule has 2 aliphatic carbocycles. The van der Waals surface area contributed by atoms with Crippen LogP contribution in [0.3, 0.4) is 0 Å². The average Bonchev–Trinajstić information content (AvgIpc) is 3.32. The summed E-state index contributed by atoms with van der Waals surface area (Å²) in [7, 11) is -1.48. The Labute approximate surface area is 245 Å². The van der Waals surface area contributed by atoms with Crippen molar-refractivity contribution >= 4 is 20.5 Å². The van der Waals surface area contributed by atoms with E-state index in [4.69, 9.17) is 18.5 Å². The Hall–Kier alpha value is -2.31. The van der Waals surface area contributed by atoms with Crippen LogP contribution in [-0.4, -0.2) is 42.9 Å². The summed E-state index contributed by atoms with van der Waals surface area (Å²) in [6.45, 7) is 15.7. The summed E-state index contributed by atoms with van der Waals surface area (Å²) in [4.78, 5) is 25.2. The Morgan fingerprint density at radius 2 is 1.98 bits per heavy atom. The summed E-state index contributed by atoms with van der Waals surface area (Å²) in [5.74, 6) is -0.0342. The molecule has 0 amide bonds. The van der Waals surface area contributed by atoms with Crippen LogP contribution in [0.25, 0.3) is 0 Å². The summed E-state index contributed by atoms with van der Waals surface area (Å²) in [6.07, 6.45) is 10.3. The number of nitrogens with one attached hydrogen (secondary N) is 1. The van der Waals surface area contributed by atoms with E-state index in [2.05, 4.69) is 31.6 Å². The maximum absolute atomic E-state index is 13.2. The smallest absolute Gasteiger partial charge is 0.338 e. The zero-order chi connectivity index (χ0) is 29.4. The van der Waals surface area contributed by atoms with Crippen molar-refractivity contribution < 1.29 is 28.1 Å². The molecule has 2 heterocycles. The van der Waals surface area contributed by atoms with Gasteiger partial charge in [-0.1, -0.05) is 68.5 Å². The van der Waals surface area contributed by atoms with Crippen LogP contribution in [0.5, 0.6) is 0 Å². The van der Waals surface area contributed by atoms with Crippen molar-refractivity contribution in [2.45, 2.75) is 84.5 Å². The fourth-order valence-corrected chi connectivity index (χ4v) is 8.90. The number of allylic oxidation sites excluding steroid dienone is 2. The first kappa shape index (κ1) is 30.2. The van der Waals surface area contributed by atoms with E-state index in [1.165, 1.54) is 5.57 Å². The van der Waals surface area contributed by atoms with Crippen LogP contribution in [0.1, 0.15) is 65.9 Å². The SMILES string of the molecule is C=C1CCC2[C@](C)(CC[C@H]3OP(NC(Cc4ccccc4)C(=O)OC(C)(C)C)OC[C@@]23C)C1/C=C/C1=CCOC1=O. The van der Waals surface area contributed by atoms with Gasteiger partial charge >= 0.3 is 11.9 Å². The molecule has 41 heavy (non-hydrogen) atoms. The number of rotatable bonds is 7. The molecule has 3 fully saturated rings. The lowest BCUT2D eigenvalue weighted by Crippen LogP contribution is -2.59. The number of cyclic esters (lactones) is 1. The molecule has 7 nitrogen and oxygen atoms in total. The second-order valence-electron chi connectivity index (χ2n) is 13.4. The van der Waals surface area contributed by atoms with Gasteiger partial charge in [-0.3, -0.25) is 4.79 Å². The first-order valence-corrected chi connectivity index (χ1v) is 15.9. The van der Waals surface area contributed by atoms with Gasteiger partial charge in [-0.25, -0.2) is 9.88 Å². The van der Waals surface area contributed by atoms with Gasteiger partial charge in [-0.2, -0.15) is 0 Å². The monoisotopic (exact) mass is 581 g/mol. The molecule has 7 atom stereocenters. The standard InChI is InChI=1S/C33H44NO6P/c1-22-12-15-27-32(5,25(22)14-13-24-17-19-37-29(24)35)18-16-28-33(27,6)21-38-41(40-28)34-26(30(36)39-31(2,3)4)20-23-10-8-7-9-11-23/h7-11,13-14,17,25-28,34H,1,12,15-16,18-21H2,2-6H3/b14-13+/t25?,26?,27?,28-,32-,33+,41?/m1/s1. The van der Waals surface area contributed by atoms with Crippen molar-refractivity contribution in [3.63, 3.8) is 0 Å². The summed E-state index contributed by atoms with van der Waals surface area (Å²) < 4.78 is 23.9. The maximum Gasteiger partial charge on any atom is 0.338 e. The number of ether oxygens (including phenoxy) is 2. The summed E-state index contributed by atoms with van der Waals surface area (Å²) in [5.41, 5.74) is 2.10.